The molecule has 1 N–H and O–H groups in total. The number of benzene rings is 1. The number of rotatable bonds is 3. The van der Waals surface area contributed by atoms with Gasteiger partial charge in [0, 0.05) is 28.9 Å². The van der Waals surface area contributed by atoms with Crippen LogP contribution in [-0.4, -0.2) is 10.1 Å². The standard InChI is InChI=1S/C13H11ClFNO/c14-9-4-5-12(15)11(7-9)13(17)8-10-3-1-2-6-16-10/h1-7,13,17H,8H2. The number of nitrogens with zero attached hydrogens (tertiary/aromatic N) is 1. The maximum Gasteiger partial charge on any atom is 0.129 e. The van der Waals surface area contributed by atoms with Gasteiger partial charge in [-0.3, -0.25) is 4.98 Å². The summed E-state index contributed by atoms with van der Waals surface area (Å²) < 4.78 is 13.5. The summed E-state index contributed by atoms with van der Waals surface area (Å²) in [5.74, 6) is -0.460. The molecule has 1 unspecified atom stereocenters. The number of aromatic nitrogens is 1. The van der Waals surface area contributed by atoms with Crippen LogP contribution in [0.4, 0.5) is 4.39 Å². The molecule has 2 aromatic rings. The first kappa shape index (κ1) is 12.0. The van der Waals surface area contributed by atoms with Gasteiger partial charge >= 0.3 is 0 Å². The van der Waals surface area contributed by atoms with E-state index in [1.807, 2.05) is 6.07 Å². The number of hydrogen-bond donors (Lipinski definition) is 1. The molecular formula is C13H11ClFNO. The summed E-state index contributed by atoms with van der Waals surface area (Å²) in [6.45, 7) is 0. The molecule has 0 aliphatic rings. The number of pyridine rings is 1. The van der Waals surface area contributed by atoms with Crippen molar-refractivity contribution in [3.63, 3.8) is 0 Å². The average molecular weight is 252 g/mol. The molecule has 4 heteroatoms. The van der Waals surface area contributed by atoms with Crippen molar-refractivity contribution < 1.29 is 9.50 Å². The summed E-state index contributed by atoms with van der Waals surface area (Å²) in [4.78, 5) is 4.08. The van der Waals surface area contributed by atoms with Gasteiger partial charge in [-0.15, -0.1) is 0 Å². The molecule has 0 aliphatic heterocycles. The van der Waals surface area contributed by atoms with Gasteiger partial charge in [0.2, 0.25) is 0 Å². The summed E-state index contributed by atoms with van der Waals surface area (Å²) >= 11 is 5.77. The maximum atomic E-state index is 13.5. The topological polar surface area (TPSA) is 33.1 Å². The van der Waals surface area contributed by atoms with Crippen LogP contribution in [-0.2, 0) is 6.42 Å². The van der Waals surface area contributed by atoms with Crippen molar-refractivity contribution in [2.75, 3.05) is 0 Å². The minimum Gasteiger partial charge on any atom is -0.388 e. The molecule has 0 saturated heterocycles. The van der Waals surface area contributed by atoms with E-state index in [4.69, 9.17) is 11.6 Å². The van der Waals surface area contributed by atoms with Crippen molar-refractivity contribution in [2.45, 2.75) is 12.5 Å². The van der Waals surface area contributed by atoms with Gasteiger partial charge in [0.1, 0.15) is 5.82 Å². The molecule has 0 amide bonds. The van der Waals surface area contributed by atoms with Crippen LogP contribution < -0.4 is 0 Å². The first-order chi connectivity index (χ1) is 8.16. The highest BCUT2D eigenvalue weighted by Gasteiger charge is 2.14. The van der Waals surface area contributed by atoms with Gasteiger partial charge in [0.05, 0.1) is 6.10 Å². The summed E-state index contributed by atoms with van der Waals surface area (Å²) in [5.41, 5.74) is 0.905. The Hall–Kier alpha value is -1.45. The van der Waals surface area contributed by atoms with Gasteiger partial charge in [-0.25, -0.2) is 4.39 Å². The van der Waals surface area contributed by atoms with Gasteiger partial charge in [-0.05, 0) is 30.3 Å². The largest absolute Gasteiger partial charge is 0.388 e. The molecule has 1 aromatic heterocycles. The molecule has 0 bridgehead atoms. The second kappa shape index (κ2) is 5.25. The fourth-order valence-electron chi connectivity index (χ4n) is 1.60. The van der Waals surface area contributed by atoms with Crippen molar-refractivity contribution in [3.8, 4) is 0 Å². The minimum absolute atomic E-state index is 0.197. The van der Waals surface area contributed by atoms with Crippen LogP contribution in [0.2, 0.25) is 5.02 Å². The van der Waals surface area contributed by atoms with Gasteiger partial charge in [-0.2, -0.15) is 0 Å². The first-order valence-electron chi connectivity index (χ1n) is 5.20. The lowest BCUT2D eigenvalue weighted by atomic mass is 10.0. The van der Waals surface area contributed by atoms with E-state index in [0.29, 0.717) is 10.7 Å². The highest BCUT2D eigenvalue weighted by Crippen LogP contribution is 2.23. The molecule has 0 radical (unpaired) electrons. The Balaban J connectivity index is 2.20. The summed E-state index contributed by atoms with van der Waals surface area (Å²) in [7, 11) is 0. The van der Waals surface area contributed by atoms with E-state index in [1.165, 1.54) is 18.2 Å². The van der Waals surface area contributed by atoms with E-state index >= 15 is 0 Å². The zero-order valence-electron chi connectivity index (χ0n) is 8.98. The fraction of sp³-hybridized carbons (Fsp3) is 0.154. The molecule has 0 fully saturated rings. The summed E-state index contributed by atoms with van der Waals surface area (Å²) in [5, 5.41) is 10.3. The van der Waals surface area contributed by atoms with E-state index in [9.17, 15) is 9.50 Å². The molecule has 1 aromatic carbocycles. The Morgan fingerprint density at radius 1 is 1.29 bits per heavy atom. The van der Waals surface area contributed by atoms with Gasteiger partial charge < -0.3 is 5.11 Å². The Morgan fingerprint density at radius 2 is 2.12 bits per heavy atom. The molecule has 2 nitrogen and oxygen atoms in total. The third-order valence-electron chi connectivity index (χ3n) is 2.45. The van der Waals surface area contributed by atoms with Crippen LogP contribution in [0.3, 0.4) is 0 Å². The normalized spacial score (nSPS) is 12.4. The van der Waals surface area contributed by atoms with E-state index in [-0.39, 0.29) is 12.0 Å². The fourth-order valence-corrected chi connectivity index (χ4v) is 1.78. The van der Waals surface area contributed by atoms with Crippen molar-refractivity contribution in [3.05, 3.63) is 64.7 Å². The lowest BCUT2D eigenvalue weighted by molar-refractivity contribution is 0.172. The molecule has 2 rings (SSSR count). The second-order valence-corrected chi connectivity index (χ2v) is 4.14. The third-order valence-corrected chi connectivity index (χ3v) is 2.68. The summed E-state index contributed by atoms with van der Waals surface area (Å²) in [6, 6.07) is 9.53. The van der Waals surface area contributed by atoms with Crippen LogP contribution >= 0.6 is 11.6 Å². The molecule has 1 heterocycles. The van der Waals surface area contributed by atoms with Crippen molar-refractivity contribution in [1.82, 2.24) is 4.98 Å². The zero-order chi connectivity index (χ0) is 12.3. The highest BCUT2D eigenvalue weighted by atomic mass is 35.5. The quantitative estimate of drug-likeness (QED) is 0.909. The molecule has 0 aliphatic carbocycles. The zero-order valence-corrected chi connectivity index (χ0v) is 9.73. The first-order valence-corrected chi connectivity index (χ1v) is 5.57. The second-order valence-electron chi connectivity index (χ2n) is 3.71. The highest BCUT2D eigenvalue weighted by molar-refractivity contribution is 6.30. The molecule has 17 heavy (non-hydrogen) atoms. The average Bonchev–Trinajstić information content (AvgIpc) is 2.33. The SMILES string of the molecule is OC(Cc1ccccn1)c1cc(Cl)ccc1F. The van der Waals surface area contributed by atoms with Crippen molar-refractivity contribution in [2.24, 2.45) is 0 Å². The molecule has 1 atom stereocenters. The van der Waals surface area contributed by atoms with Gasteiger partial charge in [-0.1, -0.05) is 17.7 Å². The van der Waals surface area contributed by atoms with Crippen molar-refractivity contribution >= 4 is 11.6 Å². The Bertz CT molecular complexity index is 504. The van der Waals surface area contributed by atoms with Crippen LogP contribution in [0.1, 0.15) is 17.4 Å². The number of aliphatic hydroxyl groups excluding tert-OH is 1. The lowest BCUT2D eigenvalue weighted by Gasteiger charge is -2.11. The molecule has 0 spiro atoms. The Morgan fingerprint density at radius 3 is 2.82 bits per heavy atom. The van der Waals surface area contributed by atoms with E-state index in [0.717, 1.165) is 0 Å². The number of aliphatic hydroxyl groups is 1. The smallest absolute Gasteiger partial charge is 0.129 e. The van der Waals surface area contributed by atoms with Crippen LogP contribution in [0, 0.1) is 5.82 Å². The van der Waals surface area contributed by atoms with E-state index in [2.05, 4.69) is 4.98 Å². The third kappa shape index (κ3) is 3.02. The lowest BCUT2D eigenvalue weighted by Crippen LogP contribution is -2.05. The maximum absolute atomic E-state index is 13.5. The number of halogens is 2. The molecular weight excluding hydrogens is 241 g/mol. The predicted molar refractivity (Wildman–Crippen MR) is 64.3 cm³/mol. The van der Waals surface area contributed by atoms with E-state index in [1.54, 1.807) is 18.3 Å². The van der Waals surface area contributed by atoms with E-state index < -0.39 is 11.9 Å². The van der Waals surface area contributed by atoms with Crippen LogP contribution in [0.5, 0.6) is 0 Å². The van der Waals surface area contributed by atoms with Gasteiger partial charge in [0.25, 0.3) is 0 Å². The van der Waals surface area contributed by atoms with Crippen LogP contribution in [0.25, 0.3) is 0 Å². The van der Waals surface area contributed by atoms with Crippen molar-refractivity contribution in [1.29, 1.82) is 0 Å². The minimum atomic E-state index is -0.941. The van der Waals surface area contributed by atoms with Gasteiger partial charge in [0.15, 0.2) is 0 Å². The predicted octanol–water partition coefficient (Wildman–Crippen LogP) is 3.15. The Kier molecular flexibility index (Phi) is 3.71. The molecule has 88 valence electrons. The number of hydrogen-bond acceptors (Lipinski definition) is 2. The Labute approximate surface area is 104 Å². The molecule has 0 saturated carbocycles. The monoisotopic (exact) mass is 251 g/mol. The van der Waals surface area contributed by atoms with Crippen LogP contribution in [0.15, 0.2) is 42.6 Å². The summed E-state index contributed by atoms with van der Waals surface area (Å²) in [6.07, 6.45) is 0.956.